The largest absolute Gasteiger partial charge is 0.494 e. The molecule has 1 N–H and O–H groups in total. The van der Waals surface area contributed by atoms with Crippen LogP contribution in [0.4, 0.5) is 4.39 Å². The van der Waals surface area contributed by atoms with Crippen LogP contribution < -0.4 is 4.74 Å². The quantitative estimate of drug-likeness (QED) is 0.764. The van der Waals surface area contributed by atoms with Crippen LogP contribution in [-0.2, 0) is 9.53 Å². The highest BCUT2D eigenvalue weighted by atomic mass is 19.1. The fraction of sp³-hybridized carbons (Fsp3) is 0.300. The summed E-state index contributed by atoms with van der Waals surface area (Å²) in [6, 6.07) is 3.75. The maximum Gasteiger partial charge on any atom is 0.339 e. The normalized spacial score (nSPS) is 12.0. The van der Waals surface area contributed by atoms with Crippen LogP contribution in [0.2, 0.25) is 0 Å². The molecule has 0 aliphatic heterocycles. The Morgan fingerprint density at radius 1 is 1.47 bits per heavy atom. The Morgan fingerprint density at radius 2 is 2.13 bits per heavy atom. The van der Waals surface area contributed by atoms with Gasteiger partial charge in [0, 0.05) is 0 Å². The van der Waals surface area contributed by atoms with Crippen LogP contribution in [0, 0.1) is 5.82 Å². The van der Waals surface area contributed by atoms with E-state index in [-0.39, 0.29) is 11.3 Å². The van der Waals surface area contributed by atoms with Gasteiger partial charge in [-0.3, -0.25) is 0 Å². The minimum absolute atomic E-state index is 0.0517. The summed E-state index contributed by atoms with van der Waals surface area (Å²) < 4.78 is 22.2. The lowest BCUT2D eigenvalue weighted by molar-refractivity contribution is -0.150. The molecule has 0 spiro atoms. The summed E-state index contributed by atoms with van der Waals surface area (Å²) in [5.41, 5.74) is 0.125. The maximum atomic E-state index is 13.2. The second-order valence-corrected chi connectivity index (χ2v) is 2.82. The molecule has 0 saturated carbocycles. The van der Waals surface area contributed by atoms with Crippen molar-refractivity contribution in [3.63, 3.8) is 0 Å². The fourth-order valence-electron chi connectivity index (χ4n) is 1.10. The minimum atomic E-state index is -1.48. The molecule has 0 aromatic heterocycles. The van der Waals surface area contributed by atoms with Crippen LogP contribution in [-0.4, -0.2) is 25.3 Å². The first kappa shape index (κ1) is 11.5. The molecule has 0 saturated heterocycles. The zero-order valence-corrected chi connectivity index (χ0v) is 8.36. The van der Waals surface area contributed by atoms with E-state index < -0.39 is 17.9 Å². The average molecular weight is 214 g/mol. The topological polar surface area (TPSA) is 55.8 Å². The molecule has 1 rings (SSSR count). The van der Waals surface area contributed by atoms with E-state index in [0.29, 0.717) is 0 Å². The van der Waals surface area contributed by atoms with Gasteiger partial charge in [-0.25, -0.2) is 9.18 Å². The summed E-state index contributed by atoms with van der Waals surface area (Å²) in [6.45, 7) is 0. The molecular formula is C10H11FO4. The van der Waals surface area contributed by atoms with E-state index in [9.17, 15) is 14.3 Å². The number of carbonyl (C=O) groups is 1. The number of aliphatic hydroxyl groups excluding tert-OH is 1. The highest BCUT2D eigenvalue weighted by Crippen LogP contribution is 2.22. The number of esters is 1. The van der Waals surface area contributed by atoms with E-state index in [1.165, 1.54) is 19.2 Å². The zero-order valence-electron chi connectivity index (χ0n) is 8.36. The maximum absolute atomic E-state index is 13.2. The summed E-state index contributed by atoms with van der Waals surface area (Å²) in [5.74, 6) is -1.42. The van der Waals surface area contributed by atoms with Gasteiger partial charge in [-0.05, 0) is 17.7 Å². The van der Waals surface area contributed by atoms with E-state index in [4.69, 9.17) is 4.74 Å². The van der Waals surface area contributed by atoms with Crippen molar-refractivity contribution in [3.8, 4) is 5.75 Å². The Balaban J connectivity index is 2.97. The molecule has 0 aliphatic carbocycles. The molecule has 1 aromatic rings. The minimum Gasteiger partial charge on any atom is -0.494 e. The second-order valence-electron chi connectivity index (χ2n) is 2.82. The Morgan fingerprint density at radius 3 is 2.60 bits per heavy atom. The summed E-state index contributed by atoms with van der Waals surface area (Å²) in [6.07, 6.45) is -1.48. The van der Waals surface area contributed by atoms with Crippen molar-refractivity contribution >= 4 is 5.97 Å². The van der Waals surface area contributed by atoms with E-state index >= 15 is 0 Å². The Bertz CT molecular complexity index is 364. The number of methoxy groups -OCH3 is 2. The molecule has 0 amide bonds. The Kier molecular flexibility index (Phi) is 3.62. The molecule has 0 fully saturated rings. The smallest absolute Gasteiger partial charge is 0.339 e. The van der Waals surface area contributed by atoms with Crippen molar-refractivity contribution in [2.45, 2.75) is 6.10 Å². The van der Waals surface area contributed by atoms with Gasteiger partial charge in [0.15, 0.2) is 17.7 Å². The third-order valence-electron chi connectivity index (χ3n) is 1.92. The van der Waals surface area contributed by atoms with E-state index in [2.05, 4.69) is 4.74 Å². The van der Waals surface area contributed by atoms with Crippen molar-refractivity contribution in [2.75, 3.05) is 14.2 Å². The summed E-state index contributed by atoms with van der Waals surface area (Å²) >= 11 is 0. The van der Waals surface area contributed by atoms with Crippen molar-refractivity contribution in [3.05, 3.63) is 29.6 Å². The van der Waals surface area contributed by atoms with Gasteiger partial charge in [0.2, 0.25) is 0 Å². The SMILES string of the molecule is COC(=O)C(O)c1ccc(OC)c(F)c1. The molecule has 0 aliphatic rings. The van der Waals surface area contributed by atoms with Gasteiger partial charge in [0.05, 0.1) is 14.2 Å². The van der Waals surface area contributed by atoms with Crippen molar-refractivity contribution in [2.24, 2.45) is 0 Å². The average Bonchev–Trinajstić information content (AvgIpc) is 2.26. The lowest BCUT2D eigenvalue weighted by atomic mass is 10.1. The zero-order chi connectivity index (χ0) is 11.4. The van der Waals surface area contributed by atoms with E-state index in [1.807, 2.05) is 0 Å². The van der Waals surface area contributed by atoms with Gasteiger partial charge in [-0.1, -0.05) is 6.07 Å². The van der Waals surface area contributed by atoms with E-state index in [1.54, 1.807) is 0 Å². The predicted octanol–water partition coefficient (Wildman–Crippen LogP) is 1.04. The molecule has 1 atom stereocenters. The third-order valence-corrected chi connectivity index (χ3v) is 1.92. The number of halogens is 1. The van der Waals surface area contributed by atoms with Crippen LogP contribution >= 0.6 is 0 Å². The molecular weight excluding hydrogens is 203 g/mol. The number of hydrogen-bond acceptors (Lipinski definition) is 4. The molecule has 4 nitrogen and oxygen atoms in total. The number of aliphatic hydroxyl groups is 1. The first-order chi connectivity index (χ1) is 7.10. The summed E-state index contributed by atoms with van der Waals surface area (Å²) in [4.78, 5) is 11.0. The fourth-order valence-corrected chi connectivity index (χ4v) is 1.10. The monoisotopic (exact) mass is 214 g/mol. The Hall–Kier alpha value is -1.62. The van der Waals surface area contributed by atoms with Crippen molar-refractivity contribution in [1.82, 2.24) is 0 Å². The van der Waals surface area contributed by atoms with Gasteiger partial charge in [0.1, 0.15) is 0 Å². The van der Waals surface area contributed by atoms with Gasteiger partial charge in [-0.2, -0.15) is 0 Å². The Labute approximate surface area is 86.2 Å². The van der Waals surface area contributed by atoms with Crippen LogP contribution in [0.3, 0.4) is 0 Å². The molecule has 0 bridgehead atoms. The second kappa shape index (κ2) is 4.75. The lowest BCUT2D eigenvalue weighted by Gasteiger charge is -2.09. The van der Waals surface area contributed by atoms with Gasteiger partial charge in [-0.15, -0.1) is 0 Å². The molecule has 15 heavy (non-hydrogen) atoms. The predicted molar refractivity (Wildman–Crippen MR) is 49.9 cm³/mol. The van der Waals surface area contributed by atoms with Gasteiger partial charge in [0.25, 0.3) is 0 Å². The molecule has 0 radical (unpaired) electrons. The first-order valence-electron chi connectivity index (χ1n) is 4.19. The number of hydrogen-bond donors (Lipinski definition) is 1. The number of carbonyl (C=O) groups excluding carboxylic acids is 1. The van der Waals surface area contributed by atoms with Crippen LogP contribution in [0.1, 0.15) is 11.7 Å². The molecule has 1 unspecified atom stereocenters. The highest BCUT2D eigenvalue weighted by molar-refractivity contribution is 5.76. The summed E-state index contributed by atoms with van der Waals surface area (Å²) in [7, 11) is 2.47. The van der Waals surface area contributed by atoms with Crippen molar-refractivity contribution in [1.29, 1.82) is 0 Å². The van der Waals surface area contributed by atoms with Gasteiger partial charge >= 0.3 is 5.97 Å². The number of rotatable bonds is 3. The van der Waals surface area contributed by atoms with Crippen LogP contribution in [0.25, 0.3) is 0 Å². The van der Waals surface area contributed by atoms with Crippen LogP contribution in [0.15, 0.2) is 18.2 Å². The third kappa shape index (κ3) is 2.44. The van der Waals surface area contributed by atoms with Crippen LogP contribution in [0.5, 0.6) is 5.75 Å². The number of ether oxygens (including phenoxy) is 2. The molecule has 1 aromatic carbocycles. The highest BCUT2D eigenvalue weighted by Gasteiger charge is 2.19. The van der Waals surface area contributed by atoms with Crippen molar-refractivity contribution < 1.29 is 23.8 Å². The molecule has 0 heterocycles. The standard InChI is InChI=1S/C10H11FO4/c1-14-8-4-3-6(5-7(8)11)9(12)10(13)15-2/h3-5,9,12H,1-2H3. The number of benzene rings is 1. The first-order valence-corrected chi connectivity index (χ1v) is 4.19. The lowest BCUT2D eigenvalue weighted by Crippen LogP contribution is -2.13. The van der Waals surface area contributed by atoms with Gasteiger partial charge < -0.3 is 14.6 Å². The summed E-state index contributed by atoms with van der Waals surface area (Å²) in [5, 5.41) is 9.40. The molecule has 5 heteroatoms. The molecule has 82 valence electrons. The van der Waals surface area contributed by atoms with E-state index in [0.717, 1.165) is 13.2 Å².